The third-order valence-electron chi connectivity index (χ3n) is 5.68. The quantitative estimate of drug-likeness (QED) is 0.523. The number of fused-ring (bicyclic) bond motifs is 1. The summed E-state index contributed by atoms with van der Waals surface area (Å²) in [6.45, 7) is 3.87. The molecule has 2 aromatic carbocycles. The lowest BCUT2D eigenvalue weighted by atomic mass is 9.95. The van der Waals surface area contributed by atoms with Gasteiger partial charge in [0, 0.05) is 19.6 Å². The Labute approximate surface area is 179 Å². The van der Waals surface area contributed by atoms with Crippen molar-refractivity contribution in [2.24, 2.45) is 5.92 Å². The molecule has 4 aromatic rings. The normalized spacial score (nSPS) is 14.1. The van der Waals surface area contributed by atoms with Crippen LogP contribution < -0.4 is 10.2 Å². The van der Waals surface area contributed by atoms with Gasteiger partial charge in [0.25, 0.3) is 0 Å². The Kier molecular flexibility index (Phi) is 5.03. The van der Waals surface area contributed by atoms with Crippen molar-refractivity contribution >= 4 is 22.9 Å². The van der Waals surface area contributed by atoms with E-state index < -0.39 is 0 Å². The smallest absolute Gasteiger partial charge is 0.227 e. The molecule has 0 aliphatic carbocycles. The predicted octanol–water partition coefficient (Wildman–Crippen LogP) is 2.58. The van der Waals surface area contributed by atoms with Gasteiger partial charge in [0.2, 0.25) is 5.91 Å². The molecule has 1 amide bonds. The summed E-state index contributed by atoms with van der Waals surface area (Å²) in [5.74, 6) is 0.661. The lowest BCUT2D eigenvalue weighted by Crippen LogP contribution is -2.54. The Morgan fingerprint density at radius 1 is 1.03 bits per heavy atom. The Bertz CT molecular complexity index is 1150. The Balaban J connectivity index is 1.31. The molecule has 0 spiro atoms. The highest BCUT2D eigenvalue weighted by molar-refractivity contribution is 5.87. The van der Waals surface area contributed by atoms with Gasteiger partial charge < -0.3 is 10.2 Å². The van der Waals surface area contributed by atoms with Crippen LogP contribution in [0, 0.1) is 5.92 Å². The number of nitrogens with one attached hydrogen (secondary N) is 1. The maximum absolute atomic E-state index is 13.1. The van der Waals surface area contributed by atoms with Gasteiger partial charge in [-0.05, 0) is 18.1 Å². The number of anilines is 1. The second-order valence-corrected chi connectivity index (χ2v) is 7.64. The molecule has 2 aromatic heterocycles. The standard InChI is InChI=1S/C23H23N7O/c1-2-30-22-20(27-28-30)21(24-15-25-22)29-13-18(14-29)23(31)26-19(16-9-5-3-6-10-16)17-11-7-4-8-12-17/h3-12,15,18-19H,2,13-14H2,1H3,(H,26,31). The van der Waals surface area contributed by atoms with Crippen LogP contribution in [0.5, 0.6) is 0 Å². The van der Waals surface area contributed by atoms with Crippen molar-refractivity contribution < 1.29 is 4.79 Å². The average molecular weight is 413 g/mol. The third kappa shape index (κ3) is 3.61. The monoisotopic (exact) mass is 413 g/mol. The number of carbonyl (C=O) groups excluding carboxylic acids is 1. The summed E-state index contributed by atoms with van der Waals surface area (Å²) in [7, 11) is 0. The highest BCUT2D eigenvalue weighted by Crippen LogP contribution is 2.29. The average Bonchev–Trinajstić information content (AvgIpc) is 3.22. The van der Waals surface area contributed by atoms with Crippen molar-refractivity contribution in [1.82, 2.24) is 30.3 Å². The first kappa shape index (κ1) is 19.2. The minimum Gasteiger partial charge on any atom is -0.353 e. The zero-order chi connectivity index (χ0) is 21.2. The number of amides is 1. The molecule has 0 unspecified atom stereocenters. The molecule has 8 nitrogen and oxygen atoms in total. The number of carbonyl (C=O) groups is 1. The van der Waals surface area contributed by atoms with Crippen LogP contribution in [0.4, 0.5) is 5.82 Å². The van der Waals surface area contributed by atoms with E-state index in [9.17, 15) is 4.79 Å². The second kappa shape index (κ2) is 8.14. The van der Waals surface area contributed by atoms with E-state index in [1.807, 2.05) is 67.6 Å². The van der Waals surface area contributed by atoms with Gasteiger partial charge in [-0.2, -0.15) is 0 Å². The topological polar surface area (TPSA) is 88.8 Å². The van der Waals surface area contributed by atoms with E-state index in [0.29, 0.717) is 30.8 Å². The molecule has 3 heterocycles. The maximum Gasteiger partial charge on any atom is 0.227 e. The zero-order valence-electron chi connectivity index (χ0n) is 17.2. The number of benzene rings is 2. The van der Waals surface area contributed by atoms with Crippen molar-refractivity contribution in [3.63, 3.8) is 0 Å². The molecule has 5 rings (SSSR count). The largest absolute Gasteiger partial charge is 0.353 e. The lowest BCUT2D eigenvalue weighted by Gasteiger charge is -2.39. The van der Waals surface area contributed by atoms with E-state index in [4.69, 9.17) is 0 Å². The van der Waals surface area contributed by atoms with Gasteiger partial charge in [0.15, 0.2) is 17.0 Å². The summed E-state index contributed by atoms with van der Waals surface area (Å²) in [5, 5.41) is 11.6. The fourth-order valence-corrected chi connectivity index (χ4v) is 3.95. The van der Waals surface area contributed by atoms with Gasteiger partial charge in [0.05, 0.1) is 12.0 Å². The van der Waals surface area contributed by atoms with Gasteiger partial charge in [-0.1, -0.05) is 65.9 Å². The van der Waals surface area contributed by atoms with E-state index in [1.165, 1.54) is 6.33 Å². The zero-order valence-corrected chi connectivity index (χ0v) is 17.2. The molecule has 1 saturated heterocycles. The highest BCUT2D eigenvalue weighted by Gasteiger charge is 2.36. The molecule has 1 N–H and O–H groups in total. The summed E-state index contributed by atoms with van der Waals surface area (Å²) in [4.78, 5) is 23.8. The fraction of sp³-hybridized carbons (Fsp3) is 0.261. The Hall–Kier alpha value is -3.81. The molecule has 0 atom stereocenters. The number of rotatable bonds is 6. The van der Waals surface area contributed by atoms with Crippen molar-refractivity contribution in [1.29, 1.82) is 0 Å². The van der Waals surface area contributed by atoms with Crippen LogP contribution in [-0.2, 0) is 11.3 Å². The molecule has 1 aliphatic heterocycles. The molecule has 0 saturated carbocycles. The minimum absolute atomic E-state index is 0.0384. The van der Waals surface area contributed by atoms with E-state index in [1.54, 1.807) is 4.68 Å². The molecule has 156 valence electrons. The summed E-state index contributed by atoms with van der Waals surface area (Å²) in [5.41, 5.74) is 3.52. The first-order valence-corrected chi connectivity index (χ1v) is 10.4. The van der Waals surface area contributed by atoms with Crippen LogP contribution in [0.25, 0.3) is 11.2 Å². The lowest BCUT2D eigenvalue weighted by molar-refractivity contribution is -0.126. The van der Waals surface area contributed by atoms with Gasteiger partial charge >= 0.3 is 0 Å². The number of hydrogen-bond donors (Lipinski definition) is 1. The number of hydrogen-bond acceptors (Lipinski definition) is 6. The van der Waals surface area contributed by atoms with E-state index in [-0.39, 0.29) is 17.9 Å². The van der Waals surface area contributed by atoms with E-state index >= 15 is 0 Å². The summed E-state index contributed by atoms with van der Waals surface area (Å²) in [6, 6.07) is 19.9. The van der Waals surface area contributed by atoms with Crippen LogP contribution in [0.2, 0.25) is 0 Å². The molecule has 0 radical (unpaired) electrons. The van der Waals surface area contributed by atoms with Crippen LogP contribution in [0.15, 0.2) is 67.0 Å². The molecule has 31 heavy (non-hydrogen) atoms. The predicted molar refractivity (Wildman–Crippen MR) is 117 cm³/mol. The van der Waals surface area contributed by atoms with Crippen molar-refractivity contribution in [3.8, 4) is 0 Å². The maximum atomic E-state index is 13.1. The Morgan fingerprint density at radius 2 is 1.68 bits per heavy atom. The van der Waals surface area contributed by atoms with Gasteiger partial charge in [0.1, 0.15) is 6.33 Å². The van der Waals surface area contributed by atoms with Crippen LogP contribution >= 0.6 is 0 Å². The summed E-state index contributed by atoms with van der Waals surface area (Å²) < 4.78 is 1.74. The minimum atomic E-state index is -0.181. The molecular formula is C23H23N7O. The molecule has 0 bridgehead atoms. The van der Waals surface area contributed by atoms with Crippen LogP contribution in [0.3, 0.4) is 0 Å². The number of nitrogens with zero attached hydrogens (tertiary/aromatic N) is 6. The van der Waals surface area contributed by atoms with Crippen molar-refractivity contribution in [2.45, 2.75) is 19.5 Å². The van der Waals surface area contributed by atoms with Gasteiger partial charge in [-0.3, -0.25) is 4.79 Å². The first-order chi connectivity index (χ1) is 15.2. The Morgan fingerprint density at radius 3 is 2.29 bits per heavy atom. The van der Waals surface area contributed by atoms with Crippen LogP contribution in [-0.4, -0.2) is 44.0 Å². The number of aryl methyl sites for hydroxylation is 1. The fourth-order valence-electron chi connectivity index (χ4n) is 3.95. The molecule has 8 heteroatoms. The summed E-state index contributed by atoms with van der Waals surface area (Å²) in [6.07, 6.45) is 1.53. The first-order valence-electron chi connectivity index (χ1n) is 10.4. The van der Waals surface area contributed by atoms with Gasteiger partial charge in [-0.15, -0.1) is 5.10 Å². The van der Waals surface area contributed by atoms with Crippen molar-refractivity contribution in [3.05, 3.63) is 78.1 Å². The summed E-state index contributed by atoms with van der Waals surface area (Å²) >= 11 is 0. The van der Waals surface area contributed by atoms with E-state index in [0.717, 1.165) is 16.9 Å². The highest BCUT2D eigenvalue weighted by atomic mass is 16.2. The molecular weight excluding hydrogens is 390 g/mol. The molecule has 1 fully saturated rings. The molecule has 1 aliphatic rings. The van der Waals surface area contributed by atoms with E-state index in [2.05, 4.69) is 30.5 Å². The van der Waals surface area contributed by atoms with Crippen LogP contribution in [0.1, 0.15) is 24.1 Å². The second-order valence-electron chi connectivity index (χ2n) is 7.64. The van der Waals surface area contributed by atoms with Crippen molar-refractivity contribution in [2.75, 3.05) is 18.0 Å². The third-order valence-corrected chi connectivity index (χ3v) is 5.68. The SMILES string of the molecule is CCn1nnc2c(N3CC(C(=O)NC(c4ccccc4)c4ccccc4)C3)ncnc21. The van der Waals surface area contributed by atoms with Gasteiger partial charge in [-0.25, -0.2) is 14.6 Å². The number of aromatic nitrogens is 5.